The molecule has 4 rings (SSSR count). The highest BCUT2D eigenvalue weighted by Crippen LogP contribution is 2.31. The summed E-state index contributed by atoms with van der Waals surface area (Å²) in [7, 11) is 0. The summed E-state index contributed by atoms with van der Waals surface area (Å²) in [5.41, 5.74) is 5.11. The molecule has 4 nitrogen and oxygen atoms in total. The Bertz CT molecular complexity index is 1150. The third-order valence-corrected chi connectivity index (χ3v) is 5.82. The predicted molar refractivity (Wildman–Crippen MR) is 122 cm³/mol. The van der Waals surface area contributed by atoms with E-state index in [-0.39, 0.29) is 6.03 Å². The van der Waals surface area contributed by atoms with E-state index in [0.29, 0.717) is 11.6 Å². The maximum atomic E-state index is 12.1. The SMILES string of the molecule is Cc1ccc2nc(-c3ccc(NC(=O)NCCc4cccc(Cl)c4)cc3)sc2c1. The molecule has 146 valence electrons. The smallest absolute Gasteiger partial charge is 0.319 e. The molecule has 0 saturated heterocycles. The molecule has 2 amide bonds. The van der Waals surface area contributed by atoms with Crippen LogP contribution in [0, 0.1) is 6.92 Å². The maximum Gasteiger partial charge on any atom is 0.319 e. The van der Waals surface area contributed by atoms with Crippen molar-refractivity contribution in [2.75, 3.05) is 11.9 Å². The number of urea groups is 1. The Morgan fingerprint density at radius 1 is 1.07 bits per heavy atom. The van der Waals surface area contributed by atoms with Crippen molar-refractivity contribution in [3.8, 4) is 10.6 Å². The van der Waals surface area contributed by atoms with Gasteiger partial charge >= 0.3 is 6.03 Å². The molecule has 29 heavy (non-hydrogen) atoms. The first-order chi connectivity index (χ1) is 14.1. The summed E-state index contributed by atoms with van der Waals surface area (Å²) in [6.07, 6.45) is 0.726. The average Bonchev–Trinajstić information content (AvgIpc) is 3.12. The van der Waals surface area contributed by atoms with Crippen LogP contribution >= 0.6 is 22.9 Å². The van der Waals surface area contributed by atoms with Crippen LogP contribution in [0.25, 0.3) is 20.8 Å². The molecule has 1 heterocycles. The first kappa shape index (κ1) is 19.4. The lowest BCUT2D eigenvalue weighted by atomic mass is 10.1. The Hall–Kier alpha value is -2.89. The first-order valence-corrected chi connectivity index (χ1v) is 10.5. The lowest BCUT2D eigenvalue weighted by molar-refractivity contribution is 0.252. The Balaban J connectivity index is 1.34. The Morgan fingerprint density at radius 3 is 2.69 bits per heavy atom. The van der Waals surface area contributed by atoms with Gasteiger partial charge in [0.25, 0.3) is 0 Å². The average molecular weight is 422 g/mol. The van der Waals surface area contributed by atoms with Gasteiger partial charge in [0.15, 0.2) is 0 Å². The number of halogens is 1. The molecule has 6 heteroatoms. The number of hydrogen-bond donors (Lipinski definition) is 2. The van der Waals surface area contributed by atoms with E-state index in [4.69, 9.17) is 16.6 Å². The largest absolute Gasteiger partial charge is 0.338 e. The number of anilines is 1. The molecule has 0 aliphatic rings. The van der Waals surface area contributed by atoms with Crippen LogP contribution < -0.4 is 10.6 Å². The molecule has 4 aromatic rings. The van der Waals surface area contributed by atoms with Gasteiger partial charge in [-0.2, -0.15) is 0 Å². The van der Waals surface area contributed by atoms with Gasteiger partial charge in [0.1, 0.15) is 5.01 Å². The van der Waals surface area contributed by atoms with Crippen LogP contribution in [0.2, 0.25) is 5.02 Å². The zero-order chi connectivity index (χ0) is 20.2. The summed E-state index contributed by atoms with van der Waals surface area (Å²) in [5, 5.41) is 7.40. The van der Waals surface area contributed by atoms with Gasteiger partial charge in [-0.3, -0.25) is 0 Å². The van der Waals surface area contributed by atoms with Crippen LogP contribution in [0.4, 0.5) is 10.5 Å². The molecule has 0 spiro atoms. The molecule has 0 saturated carbocycles. The van der Waals surface area contributed by atoms with Crippen LogP contribution in [0.15, 0.2) is 66.7 Å². The number of thiazole rings is 1. The molecule has 3 aromatic carbocycles. The van der Waals surface area contributed by atoms with Crippen molar-refractivity contribution < 1.29 is 4.79 Å². The van der Waals surface area contributed by atoms with Crippen LogP contribution in [-0.2, 0) is 6.42 Å². The monoisotopic (exact) mass is 421 g/mol. The molecule has 0 radical (unpaired) electrons. The van der Waals surface area contributed by atoms with Gasteiger partial charge in [0, 0.05) is 22.8 Å². The molecule has 0 atom stereocenters. The number of nitrogens with one attached hydrogen (secondary N) is 2. The van der Waals surface area contributed by atoms with Crippen molar-refractivity contribution in [1.82, 2.24) is 10.3 Å². The van der Waals surface area contributed by atoms with Crippen LogP contribution in [0.3, 0.4) is 0 Å². The molecular formula is C23H20ClN3OS. The predicted octanol–water partition coefficient (Wildman–Crippen LogP) is 6.29. The number of rotatable bonds is 5. The second kappa shape index (κ2) is 8.64. The van der Waals surface area contributed by atoms with E-state index < -0.39 is 0 Å². The summed E-state index contributed by atoms with van der Waals surface area (Å²) in [4.78, 5) is 16.8. The minimum Gasteiger partial charge on any atom is -0.338 e. The topological polar surface area (TPSA) is 54.0 Å². The molecule has 0 fully saturated rings. The fourth-order valence-corrected chi connectivity index (χ4v) is 4.32. The standard InChI is InChI=1S/C23H20ClN3OS/c1-15-5-10-20-21(13-15)29-22(27-20)17-6-8-19(9-7-17)26-23(28)25-12-11-16-3-2-4-18(24)14-16/h2-10,13-14H,11-12H2,1H3,(H2,25,26,28). The second-order valence-corrected chi connectivity index (χ2v) is 8.30. The number of amides is 2. The molecule has 1 aromatic heterocycles. The van der Waals surface area contributed by atoms with Crippen molar-refractivity contribution in [3.05, 3.63) is 82.9 Å². The first-order valence-electron chi connectivity index (χ1n) is 9.34. The van der Waals surface area contributed by atoms with E-state index in [0.717, 1.165) is 33.8 Å². The van der Waals surface area contributed by atoms with Gasteiger partial charge in [0.05, 0.1) is 10.2 Å². The Labute approximate surface area is 178 Å². The van der Waals surface area contributed by atoms with Gasteiger partial charge in [-0.1, -0.05) is 29.8 Å². The number of carbonyl (C=O) groups is 1. The van der Waals surface area contributed by atoms with Crippen LogP contribution in [0.1, 0.15) is 11.1 Å². The third-order valence-electron chi connectivity index (χ3n) is 4.52. The van der Waals surface area contributed by atoms with Gasteiger partial charge in [0.2, 0.25) is 0 Å². The molecule has 0 bridgehead atoms. The number of aryl methyl sites for hydroxylation is 1. The normalized spacial score (nSPS) is 10.8. The number of hydrogen-bond acceptors (Lipinski definition) is 3. The van der Waals surface area contributed by atoms with Gasteiger partial charge in [-0.05, 0) is 73.0 Å². The zero-order valence-electron chi connectivity index (χ0n) is 15.9. The highest BCUT2D eigenvalue weighted by molar-refractivity contribution is 7.21. The van der Waals surface area contributed by atoms with Crippen molar-refractivity contribution in [3.63, 3.8) is 0 Å². The van der Waals surface area contributed by atoms with Crippen LogP contribution in [-0.4, -0.2) is 17.6 Å². The van der Waals surface area contributed by atoms with E-state index >= 15 is 0 Å². The van der Waals surface area contributed by atoms with Crippen LogP contribution in [0.5, 0.6) is 0 Å². The summed E-state index contributed by atoms with van der Waals surface area (Å²) < 4.78 is 1.18. The Morgan fingerprint density at radius 2 is 1.90 bits per heavy atom. The lowest BCUT2D eigenvalue weighted by Gasteiger charge is -2.08. The maximum absolute atomic E-state index is 12.1. The van der Waals surface area contributed by atoms with E-state index in [1.165, 1.54) is 10.3 Å². The molecule has 0 aliphatic carbocycles. The fraction of sp³-hybridized carbons (Fsp3) is 0.130. The van der Waals surface area contributed by atoms with Crippen molar-refractivity contribution in [1.29, 1.82) is 0 Å². The fourth-order valence-electron chi connectivity index (χ4n) is 3.04. The molecular weight excluding hydrogens is 402 g/mol. The Kier molecular flexibility index (Phi) is 5.79. The van der Waals surface area contributed by atoms with E-state index in [9.17, 15) is 4.79 Å². The van der Waals surface area contributed by atoms with E-state index in [1.54, 1.807) is 11.3 Å². The summed E-state index contributed by atoms with van der Waals surface area (Å²) >= 11 is 7.65. The molecule has 0 aliphatic heterocycles. The quantitative estimate of drug-likeness (QED) is 0.398. The minimum absolute atomic E-state index is 0.227. The highest BCUT2D eigenvalue weighted by atomic mass is 35.5. The second-order valence-electron chi connectivity index (χ2n) is 6.83. The summed E-state index contributed by atoms with van der Waals surface area (Å²) in [6.45, 7) is 2.62. The van der Waals surface area contributed by atoms with Gasteiger partial charge in [-0.15, -0.1) is 11.3 Å². The van der Waals surface area contributed by atoms with Crippen molar-refractivity contribution in [2.24, 2.45) is 0 Å². The zero-order valence-corrected chi connectivity index (χ0v) is 17.5. The van der Waals surface area contributed by atoms with E-state index in [1.807, 2.05) is 54.6 Å². The molecule has 2 N–H and O–H groups in total. The number of aromatic nitrogens is 1. The number of carbonyl (C=O) groups excluding carboxylic acids is 1. The van der Waals surface area contributed by atoms with Crippen molar-refractivity contribution in [2.45, 2.75) is 13.3 Å². The van der Waals surface area contributed by atoms with Gasteiger partial charge in [-0.25, -0.2) is 9.78 Å². The van der Waals surface area contributed by atoms with E-state index in [2.05, 4.69) is 29.7 Å². The summed E-state index contributed by atoms with van der Waals surface area (Å²) in [5.74, 6) is 0. The minimum atomic E-state index is -0.227. The highest BCUT2D eigenvalue weighted by Gasteiger charge is 2.07. The van der Waals surface area contributed by atoms with Gasteiger partial charge < -0.3 is 10.6 Å². The van der Waals surface area contributed by atoms with Crippen molar-refractivity contribution >= 4 is 44.9 Å². The number of benzene rings is 3. The third kappa shape index (κ3) is 4.94. The lowest BCUT2D eigenvalue weighted by Crippen LogP contribution is -2.30. The number of nitrogens with zero attached hydrogens (tertiary/aromatic N) is 1. The molecule has 0 unspecified atom stereocenters. The number of fused-ring (bicyclic) bond motifs is 1. The summed E-state index contributed by atoms with van der Waals surface area (Å²) in [6, 6.07) is 21.4.